The van der Waals surface area contributed by atoms with Gasteiger partial charge < -0.3 is 15.1 Å². The third-order valence-corrected chi connectivity index (χ3v) is 5.01. The molecule has 6 nitrogen and oxygen atoms in total. The number of nitrogens with zero attached hydrogens (tertiary/aromatic N) is 3. The maximum absolute atomic E-state index is 12.4. The van der Waals surface area contributed by atoms with E-state index in [0.717, 1.165) is 18.5 Å². The molecule has 0 aliphatic carbocycles. The van der Waals surface area contributed by atoms with Gasteiger partial charge in [0.25, 0.3) is 11.8 Å². The third-order valence-electron chi connectivity index (χ3n) is 5.01. The summed E-state index contributed by atoms with van der Waals surface area (Å²) in [6.07, 6.45) is 5.06. The van der Waals surface area contributed by atoms with Crippen molar-refractivity contribution >= 4 is 17.5 Å². The van der Waals surface area contributed by atoms with E-state index in [2.05, 4.69) is 10.3 Å². The zero-order chi connectivity index (χ0) is 19.2. The van der Waals surface area contributed by atoms with Crippen molar-refractivity contribution in [2.75, 3.05) is 38.6 Å². The van der Waals surface area contributed by atoms with Crippen LogP contribution < -0.4 is 10.2 Å². The smallest absolute Gasteiger partial charge is 0.255 e. The number of piperidine rings is 1. The van der Waals surface area contributed by atoms with E-state index in [4.69, 9.17) is 0 Å². The number of amides is 2. The molecule has 142 valence electrons. The van der Waals surface area contributed by atoms with Crippen LogP contribution in [0.15, 0.2) is 48.8 Å². The summed E-state index contributed by atoms with van der Waals surface area (Å²) in [4.78, 5) is 32.7. The van der Waals surface area contributed by atoms with Crippen LogP contribution in [0.3, 0.4) is 0 Å². The summed E-state index contributed by atoms with van der Waals surface area (Å²) < 4.78 is 0. The van der Waals surface area contributed by atoms with Crippen molar-refractivity contribution in [3.63, 3.8) is 0 Å². The predicted molar refractivity (Wildman–Crippen MR) is 106 cm³/mol. The van der Waals surface area contributed by atoms with Crippen LogP contribution in [0.4, 0.5) is 5.69 Å². The van der Waals surface area contributed by atoms with Crippen molar-refractivity contribution in [3.05, 3.63) is 59.9 Å². The monoisotopic (exact) mass is 366 g/mol. The molecule has 0 radical (unpaired) electrons. The summed E-state index contributed by atoms with van der Waals surface area (Å²) in [5.41, 5.74) is 2.37. The lowest BCUT2D eigenvalue weighted by atomic mass is 9.96. The van der Waals surface area contributed by atoms with Crippen LogP contribution in [-0.4, -0.2) is 55.4 Å². The summed E-state index contributed by atoms with van der Waals surface area (Å²) in [7, 11) is 3.95. The molecule has 1 aromatic heterocycles. The SMILES string of the molecule is CN(C)c1ccc(C(=O)NCC2CCN(C(=O)c3cccnc3)CC2)cc1. The Morgan fingerprint density at radius 1 is 1.11 bits per heavy atom. The van der Waals surface area contributed by atoms with E-state index in [1.54, 1.807) is 24.5 Å². The lowest BCUT2D eigenvalue weighted by molar-refractivity contribution is 0.0684. The molecular formula is C21H26N4O2. The van der Waals surface area contributed by atoms with Crippen LogP contribution in [-0.2, 0) is 0 Å². The molecule has 2 amide bonds. The number of carbonyl (C=O) groups excluding carboxylic acids is 2. The highest BCUT2D eigenvalue weighted by molar-refractivity contribution is 5.94. The van der Waals surface area contributed by atoms with E-state index in [9.17, 15) is 9.59 Å². The minimum Gasteiger partial charge on any atom is -0.378 e. The number of hydrogen-bond acceptors (Lipinski definition) is 4. The molecule has 0 atom stereocenters. The summed E-state index contributed by atoms with van der Waals surface area (Å²) in [6.45, 7) is 2.07. The van der Waals surface area contributed by atoms with E-state index >= 15 is 0 Å². The average Bonchev–Trinajstić information content (AvgIpc) is 2.72. The number of anilines is 1. The third kappa shape index (κ3) is 4.84. The van der Waals surface area contributed by atoms with Gasteiger partial charge in [0.05, 0.1) is 5.56 Å². The molecule has 27 heavy (non-hydrogen) atoms. The summed E-state index contributed by atoms with van der Waals surface area (Å²) >= 11 is 0. The zero-order valence-corrected chi connectivity index (χ0v) is 15.9. The van der Waals surface area contributed by atoms with Crippen molar-refractivity contribution in [1.82, 2.24) is 15.2 Å². The van der Waals surface area contributed by atoms with Gasteiger partial charge in [-0.1, -0.05) is 0 Å². The number of rotatable bonds is 5. The molecule has 1 aromatic carbocycles. The molecule has 0 spiro atoms. The molecule has 1 N–H and O–H groups in total. The van der Waals surface area contributed by atoms with Crippen LogP contribution in [0.2, 0.25) is 0 Å². The van der Waals surface area contributed by atoms with Gasteiger partial charge in [0.15, 0.2) is 0 Å². The Balaban J connectivity index is 1.45. The lowest BCUT2D eigenvalue weighted by Gasteiger charge is -2.32. The fraction of sp³-hybridized carbons (Fsp3) is 0.381. The maximum atomic E-state index is 12.4. The fourth-order valence-electron chi connectivity index (χ4n) is 3.26. The summed E-state index contributed by atoms with van der Waals surface area (Å²) in [6, 6.07) is 11.2. The zero-order valence-electron chi connectivity index (χ0n) is 15.9. The molecule has 2 heterocycles. The topological polar surface area (TPSA) is 65.5 Å². The van der Waals surface area contributed by atoms with E-state index in [1.165, 1.54) is 0 Å². The number of hydrogen-bond donors (Lipinski definition) is 1. The molecule has 0 saturated carbocycles. The Labute approximate surface area is 160 Å². The molecule has 0 unspecified atom stereocenters. The van der Waals surface area contributed by atoms with Crippen LogP contribution in [0.1, 0.15) is 33.6 Å². The minimum atomic E-state index is -0.0471. The number of pyridine rings is 1. The van der Waals surface area contributed by atoms with Gasteiger partial charge in [-0.25, -0.2) is 0 Å². The quantitative estimate of drug-likeness (QED) is 0.883. The van der Waals surface area contributed by atoms with Gasteiger partial charge >= 0.3 is 0 Å². The molecule has 2 aromatic rings. The largest absolute Gasteiger partial charge is 0.378 e. The number of aromatic nitrogens is 1. The fourth-order valence-corrected chi connectivity index (χ4v) is 3.26. The molecular weight excluding hydrogens is 340 g/mol. The first-order valence-electron chi connectivity index (χ1n) is 9.29. The highest BCUT2D eigenvalue weighted by Crippen LogP contribution is 2.19. The van der Waals surface area contributed by atoms with Gasteiger partial charge in [-0.15, -0.1) is 0 Å². The highest BCUT2D eigenvalue weighted by atomic mass is 16.2. The Bertz CT molecular complexity index is 767. The van der Waals surface area contributed by atoms with Crippen LogP contribution in [0.5, 0.6) is 0 Å². The van der Waals surface area contributed by atoms with Crippen molar-refractivity contribution in [2.24, 2.45) is 5.92 Å². The van der Waals surface area contributed by atoms with Gasteiger partial charge in [-0.3, -0.25) is 14.6 Å². The van der Waals surface area contributed by atoms with Crippen molar-refractivity contribution < 1.29 is 9.59 Å². The predicted octanol–water partition coefficient (Wildman–Crippen LogP) is 2.43. The van der Waals surface area contributed by atoms with E-state index in [0.29, 0.717) is 36.7 Å². The molecule has 1 saturated heterocycles. The number of likely N-dealkylation sites (tertiary alicyclic amines) is 1. The molecule has 0 bridgehead atoms. The maximum Gasteiger partial charge on any atom is 0.255 e. The molecule has 6 heteroatoms. The number of benzene rings is 1. The summed E-state index contributed by atoms with van der Waals surface area (Å²) in [5, 5.41) is 3.03. The Hall–Kier alpha value is -2.89. The van der Waals surface area contributed by atoms with Crippen LogP contribution >= 0.6 is 0 Å². The van der Waals surface area contributed by atoms with Gasteiger partial charge in [-0.2, -0.15) is 0 Å². The minimum absolute atomic E-state index is 0.0339. The van der Waals surface area contributed by atoms with Crippen LogP contribution in [0, 0.1) is 5.92 Å². The Kier molecular flexibility index (Phi) is 6.06. The van der Waals surface area contributed by atoms with E-state index in [1.807, 2.05) is 48.2 Å². The van der Waals surface area contributed by atoms with Gasteiger partial charge in [0.1, 0.15) is 0 Å². The average molecular weight is 366 g/mol. The number of carbonyl (C=O) groups is 2. The van der Waals surface area contributed by atoms with Crippen molar-refractivity contribution in [1.29, 1.82) is 0 Å². The normalized spacial score (nSPS) is 14.7. The van der Waals surface area contributed by atoms with Crippen LogP contribution in [0.25, 0.3) is 0 Å². The second kappa shape index (κ2) is 8.66. The number of nitrogens with one attached hydrogen (secondary N) is 1. The standard InChI is InChI=1S/C21H26N4O2/c1-24(2)19-7-5-17(6-8-19)20(26)23-14-16-9-12-25(13-10-16)21(27)18-4-3-11-22-15-18/h3-8,11,15-16H,9-10,12-14H2,1-2H3,(H,23,26). The molecule has 1 aliphatic heterocycles. The van der Waals surface area contributed by atoms with Gasteiger partial charge in [-0.05, 0) is 55.2 Å². The lowest BCUT2D eigenvalue weighted by Crippen LogP contribution is -2.41. The highest BCUT2D eigenvalue weighted by Gasteiger charge is 2.24. The van der Waals surface area contributed by atoms with Gasteiger partial charge in [0, 0.05) is 57.4 Å². The molecule has 1 fully saturated rings. The Morgan fingerprint density at radius 2 is 1.81 bits per heavy atom. The van der Waals surface area contributed by atoms with E-state index in [-0.39, 0.29) is 11.8 Å². The second-order valence-electron chi connectivity index (χ2n) is 7.13. The molecule has 1 aliphatic rings. The van der Waals surface area contributed by atoms with Crippen molar-refractivity contribution in [3.8, 4) is 0 Å². The second-order valence-corrected chi connectivity index (χ2v) is 7.13. The first-order chi connectivity index (χ1) is 13.0. The Morgan fingerprint density at radius 3 is 2.41 bits per heavy atom. The summed E-state index contributed by atoms with van der Waals surface area (Å²) in [5.74, 6) is 0.383. The van der Waals surface area contributed by atoms with Crippen molar-refractivity contribution in [2.45, 2.75) is 12.8 Å². The van der Waals surface area contributed by atoms with E-state index < -0.39 is 0 Å². The first kappa shape index (κ1) is 18.9. The van der Waals surface area contributed by atoms with Gasteiger partial charge in [0.2, 0.25) is 0 Å². The first-order valence-corrected chi connectivity index (χ1v) is 9.29. The molecule has 3 rings (SSSR count).